The first-order valence-electron chi connectivity index (χ1n) is 7.77. The largest absolute Gasteiger partial charge is 0.381 e. The molecule has 1 aliphatic carbocycles. The highest BCUT2D eigenvalue weighted by Gasteiger charge is 2.39. The van der Waals surface area contributed by atoms with Gasteiger partial charge < -0.3 is 15.8 Å². The minimum absolute atomic E-state index is 0. The molecular formula is C15H29ClN2O2. The molecule has 2 rings (SSSR count). The van der Waals surface area contributed by atoms with Crippen LogP contribution in [0.5, 0.6) is 0 Å². The summed E-state index contributed by atoms with van der Waals surface area (Å²) in [4.78, 5) is 12.6. The minimum atomic E-state index is -0.388. The van der Waals surface area contributed by atoms with Crippen LogP contribution in [0.15, 0.2) is 0 Å². The van der Waals surface area contributed by atoms with Gasteiger partial charge in [0.15, 0.2) is 0 Å². The predicted molar refractivity (Wildman–Crippen MR) is 83.0 cm³/mol. The molecule has 0 spiro atoms. The summed E-state index contributed by atoms with van der Waals surface area (Å²) in [5.41, 5.74) is 5.49. The molecule has 4 nitrogen and oxygen atoms in total. The molecule has 1 aliphatic heterocycles. The molecule has 0 aromatic rings. The van der Waals surface area contributed by atoms with E-state index in [2.05, 4.69) is 12.2 Å². The second-order valence-electron chi connectivity index (χ2n) is 6.26. The summed E-state index contributed by atoms with van der Waals surface area (Å²) in [6.45, 7) is 3.89. The number of carbonyl (C=O) groups excluding carboxylic acids is 1. The third-order valence-electron chi connectivity index (χ3n) is 5.04. The van der Waals surface area contributed by atoms with Crippen LogP contribution in [-0.2, 0) is 9.53 Å². The molecule has 2 fully saturated rings. The van der Waals surface area contributed by atoms with Gasteiger partial charge in [-0.3, -0.25) is 4.79 Å². The molecular weight excluding hydrogens is 276 g/mol. The van der Waals surface area contributed by atoms with Gasteiger partial charge in [0.05, 0.1) is 5.41 Å². The molecule has 1 heterocycles. The molecule has 0 bridgehead atoms. The van der Waals surface area contributed by atoms with Crippen LogP contribution < -0.4 is 11.1 Å². The van der Waals surface area contributed by atoms with Crippen molar-refractivity contribution in [2.24, 2.45) is 17.1 Å². The smallest absolute Gasteiger partial charge is 0.227 e. The van der Waals surface area contributed by atoms with Crippen molar-refractivity contribution in [3.05, 3.63) is 0 Å². The summed E-state index contributed by atoms with van der Waals surface area (Å²) in [5, 5.41) is 3.24. The van der Waals surface area contributed by atoms with Gasteiger partial charge in [-0.15, -0.1) is 12.4 Å². The van der Waals surface area contributed by atoms with Crippen LogP contribution in [0.3, 0.4) is 0 Å². The van der Waals surface area contributed by atoms with Crippen LogP contribution in [-0.4, -0.2) is 31.7 Å². The summed E-state index contributed by atoms with van der Waals surface area (Å²) < 4.78 is 5.36. The van der Waals surface area contributed by atoms with Gasteiger partial charge in [-0.05, 0) is 38.5 Å². The monoisotopic (exact) mass is 304 g/mol. The van der Waals surface area contributed by atoms with Crippen molar-refractivity contribution < 1.29 is 9.53 Å². The molecule has 20 heavy (non-hydrogen) atoms. The number of rotatable bonds is 4. The van der Waals surface area contributed by atoms with Gasteiger partial charge in [0, 0.05) is 25.8 Å². The van der Waals surface area contributed by atoms with Gasteiger partial charge in [0.25, 0.3) is 0 Å². The lowest BCUT2D eigenvalue weighted by molar-refractivity contribution is -0.137. The number of hydrogen-bond donors (Lipinski definition) is 2. The summed E-state index contributed by atoms with van der Waals surface area (Å²) in [5.74, 6) is 0.795. The van der Waals surface area contributed by atoms with Crippen molar-refractivity contribution in [3.8, 4) is 0 Å². The lowest BCUT2D eigenvalue weighted by Crippen LogP contribution is -2.52. The average molecular weight is 305 g/mol. The van der Waals surface area contributed by atoms with E-state index in [1.165, 1.54) is 32.1 Å². The fourth-order valence-corrected chi connectivity index (χ4v) is 3.40. The molecule has 1 atom stereocenters. The molecule has 1 unspecified atom stereocenters. The normalized spacial score (nSPS) is 24.5. The molecule has 1 saturated carbocycles. The Bertz CT molecular complexity index is 300. The van der Waals surface area contributed by atoms with Crippen LogP contribution in [0, 0.1) is 11.3 Å². The van der Waals surface area contributed by atoms with Gasteiger partial charge in [-0.25, -0.2) is 0 Å². The highest BCUT2D eigenvalue weighted by Crippen LogP contribution is 2.31. The quantitative estimate of drug-likeness (QED) is 0.837. The highest BCUT2D eigenvalue weighted by molar-refractivity contribution is 5.85. The van der Waals surface area contributed by atoms with Gasteiger partial charge >= 0.3 is 0 Å². The second-order valence-corrected chi connectivity index (χ2v) is 6.26. The Morgan fingerprint density at radius 3 is 2.45 bits per heavy atom. The maximum atomic E-state index is 12.6. The van der Waals surface area contributed by atoms with Crippen molar-refractivity contribution in [2.75, 3.05) is 19.8 Å². The Kier molecular flexibility index (Phi) is 7.27. The van der Waals surface area contributed by atoms with E-state index < -0.39 is 0 Å². The van der Waals surface area contributed by atoms with E-state index in [9.17, 15) is 4.79 Å². The molecule has 2 aliphatic rings. The number of nitrogens with one attached hydrogen (secondary N) is 1. The van der Waals surface area contributed by atoms with Crippen molar-refractivity contribution in [1.82, 2.24) is 5.32 Å². The molecule has 0 aromatic heterocycles. The van der Waals surface area contributed by atoms with Gasteiger partial charge in [-0.1, -0.05) is 19.3 Å². The molecule has 1 saturated heterocycles. The topological polar surface area (TPSA) is 64.4 Å². The number of halogens is 1. The molecule has 3 N–H and O–H groups in total. The maximum absolute atomic E-state index is 12.6. The number of nitrogens with two attached hydrogens (primary N) is 1. The first kappa shape index (κ1) is 17.7. The number of ether oxygens (including phenoxy) is 1. The Hall–Kier alpha value is -0.320. The van der Waals surface area contributed by atoms with Crippen LogP contribution in [0.2, 0.25) is 0 Å². The van der Waals surface area contributed by atoms with E-state index in [1.807, 2.05) is 0 Å². The van der Waals surface area contributed by atoms with Crippen LogP contribution in [0.25, 0.3) is 0 Å². The molecule has 0 aromatic carbocycles. The molecule has 5 heteroatoms. The van der Waals surface area contributed by atoms with Crippen molar-refractivity contribution >= 4 is 18.3 Å². The average Bonchev–Trinajstić information content (AvgIpc) is 2.48. The number of amides is 1. The Labute approximate surface area is 128 Å². The maximum Gasteiger partial charge on any atom is 0.227 e. The van der Waals surface area contributed by atoms with Crippen molar-refractivity contribution in [3.63, 3.8) is 0 Å². The van der Waals surface area contributed by atoms with E-state index in [0.717, 1.165) is 12.8 Å². The molecule has 0 radical (unpaired) electrons. The summed E-state index contributed by atoms with van der Waals surface area (Å²) in [7, 11) is 0. The fourth-order valence-electron chi connectivity index (χ4n) is 3.40. The Morgan fingerprint density at radius 2 is 1.90 bits per heavy atom. The lowest BCUT2D eigenvalue weighted by Gasteiger charge is -2.37. The molecule has 118 valence electrons. The van der Waals surface area contributed by atoms with Gasteiger partial charge in [0.1, 0.15) is 0 Å². The lowest BCUT2D eigenvalue weighted by atomic mass is 9.78. The molecule has 1 amide bonds. The standard InChI is InChI=1S/C15H28N2O2.ClH/c1-12(13-5-3-2-4-6-13)17-14(18)15(11-16)7-9-19-10-8-15;/h12-13H,2-11,16H2,1H3,(H,17,18);1H. The van der Waals surface area contributed by atoms with Crippen LogP contribution >= 0.6 is 12.4 Å². The van der Waals surface area contributed by atoms with Crippen LogP contribution in [0.1, 0.15) is 51.9 Å². The zero-order valence-corrected chi connectivity index (χ0v) is 13.3. The van der Waals surface area contributed by atoms with Gasteiger partial charge in [-0.2, -0.15) is 0 Å². The van der Waals surface area contributed by atoms with E-state index in [4.69, 9.17) is 10.5 Å². The SMILES string of the molecule is CC(NC(=O)C1(CN)CCOCC1)C1CCCCC1.Cl. The summed E-state index contributed by atoms with van der Waals surface area (Å²) in [6.07, 6.45) is 7.97. The van der Waals surface area contributed by atoms with E-state index in [-0.39, 0.29) is 29.8 Å². The van der Waals surface area contributed by atoms with E-state index in [0.29, 0.717) is 25.7 Å². The third-order valence-corrected chi connectivity index (χ3v) is 5.04. The predicted octanol–water partition coefficient (Wildman–Crippen LogP) is 2.25. The Balaban J connectivity index is 0.00000200. The highest BCUT2D eigenvalue weighted by atomic mass is 35.5. The van der Waals surface area contributed by atoms with Crippen molar-refractivity contribution in [1.29, 1.82) is 0 Å². The zero-order valence-electron chi connectivity index (χ0n) is 12.5. The summed E-state index contributed by atoms with van der Waals surface area (Å²) in [6, 6.07) is 0.277. The van der Waals surface area contributed by atoms with E-state index >= 15 is 0 Å². The fraction of sp³-hybridized carbons (Fsp3) is 0.933. The van der Waals surface area contributed by atoms with Crippen molar-refractivity contribution in [2.45, 2.75) is 57.9 Å². The second kappa shape index (κ2) is 8.20. The minimum Gasteiger partial charge on any atom is -0.381 e. The number of carbonyl (C=O) groups is 1. The third kappa shape index (κ3) is 4.09. The van der Waals surface area contributed by atoms with Crippen LogP contribution in [0.4, 0.5) is 0 Å². The Morgan fingerprint density at radius 1 is 1.30 bits per heavy atom. The van der Waals surface area contributed by atoms with E-state index in [1.54, 1.807) is 0 Å². The first-order chi connectivity index (χ1) is 9.18. The summed E-state index contributed by atoms with van der Waals surface area (Å²) >= 11 is 0. The first-order valence-corrected chi connectivity index (χ1v) is 7.77. The number of hydrogen-bond acceptors (Lipinski definition) is 3. The van der Waals surface area contributed by atoms with Gasteiger partial charge in [0.2, 0.25) is 5.91 Å². The zero-order chi connectivity index (χ0) is 13.7.